The van der Waals surface area contributed by atoms with Crippen LogP contribution in [-0.2, 0) is 4.79 Å². The molecule has 3 rings (SSSR count). The lowest BCUT2D eigenvalue weighted by atomic mass is 10.1. The number of carbonyl (C=O) groups is 1. The highest BCUT2D eigenvalue weighted by atomic mass is 32.1. The van der Waals surface area contributed by atoms with Gasteiger partial charge in [-0.1, -0.05) is 24.3 Å². The number of thiophene rings is 2. The number of hydrogen-bond acceptors (Lipinski definition) is 4. The van der Waals surface area contributed by atoms with Gasteiger partial charge in [0.05, 0.1) is 6.10 Å². The van der Waals surface area contributed by atoms with Crippen LogP contribution in [0.15, 0.2) is 53.2 Å². The Balaban J connectivity index is 1.60. The average Bonchev–Trinajstić information content (AvgIpc) is 3.19. The van der Waals surface area contributed by atoms with E-state index in [-0.39, 0.29) is 12.5 Å². The molecule has 0 radical (unpaired) electrons. The quantitative estimate of drug-likeness (QED) is 0.699. The van der Waals surface area contributed by atoms with Crippen molar-refractivity contribution in [3.8, 4) is 0 Å². The first kappa shape index (κ1) is 15.0. The number of amides is 1. The van der Waals surface area contributed by atoms with Crippen LogP contribution in [0.4, 0.5) is 0 Å². The molecule has 22 heavy (non-hydrogen) atoms. The first-order chi connectivity index (χ1) is 10.7. The number of benzene rings is 1. The van der Waals surface area contributed by atoms with Crippen LogP contribution in [0.3, 0.4) is 0 Å². The van der Waals surface area contributed by atoms with Gasteiger partial charge in [0, 0.05) is 27.8 Å². The summed E-state index contributed by atoms with van der Waals surface area (Å²) >= 11 is 3.17. The molecule has 112 valence electrons. The summed E-state index contributed by atoms with van der Waals surface area (Å²) in [5, 5.41) is 18.0. The van der Waals surface area contributed by atoms with Gasteiger partial charge in [-0.15, -0.1) is 22.7 Å². The molecule has 5 heteroatoms. The smallest absolute Gasteiger partial charge is 0.244 e. The van der Waals surface area contributed by atoms with E-state index in [1.807, 2.05) is 47.2 Å². The lowest BCUT2D eigenvalue weighted by Gasteiger charge is -2.10. The molecule has 1 unspecified atom stereocenters. The van der Waals surface area contributed by atoms with Crippen LogP contribution < -0.4 is 5.32 Å². The predicted octanol–water partition coefficient (Wildman–Crippen LogP) is 3.83. The Morgan fingerprint density at radius 1 is 1.23 bits per heavy atom. The first-order valence-corrected chi connectivity index (χ1v) is 8.63. The van der Waals surface area contributed by atoms with Crippen molar-refractivity contribution in [1.29, 1.82) is 0 Å². The second-order valence-corrected chi connectivity index (χ2v) is 6.69. The normalized spacial score (nSPS) is 12.8. The minimum absolute atomic E-state index is 0.202. The molecule has 0 fully saturated rings. The highest BCUT2D eigenvalue weighted by molar-refractivity contribution is 7.17. The molecule has 0 saturated carbocycles. The molecule has 3 nitrogen and oxygen atoms in total. The van der Waals surface area contributed by atoms with Crippen molar-refractivity contribution in [3.63, 3.8) is 0 Å². The highest BCUT2D eigenvalue weighted by Gasteiger charge is 2.13. The summed E-state index contributed by atoms with van der Waals surface area (Å²) in [7, 11) is 0. The van der Waals surface area contributed by atoms with Gasteiger partial charge >= 0.3 is 0 Å². The highest BCUT2D eigenvalue weighted by Crippen LogP contribution is 2.29. The van der Waals surface area contributed by atoms with E-state index in [1.165, 1.54) is 6.08 Å². The van der Waals surface area contributed by atoms with E-state index in [4.69, 9.17) is 0 Å². The summed E-state index contributed by atoms with van der Waals surface area (Å²) in [5.41, 5.74) is 0.864. The monoisotopic (exact) mass is 329 g/mol. The van der Waals surface area contributed by atoms with E-state index in [2.05, 4.69) is 5.32 Å². The minimum Gasteiger partial charge on any atom is -0.387 e. The van der Waals surface area contributed by atoms with Gasteiger partial charge in [-0.25, -0.2) is 0 Å². The Labute approximate surface area is 136 Å². The average molecular weight is 329 g/mol. The van der Waals surface area contributed by atoms with Gasteiger partial charge in [-0.3, -0.25) is 4.79 Å². The fraction of sp³-hybridized carbons (Fsp3) is 0.118. The maximum Gasteiger partial charge on any atom is 0.244 e. The molecule has 1 atom stereocenters. The lowest BCUT2D eigenvalue weighted by Crippen LogP contribution is -2.26. The zero-order chi connectivity index (χ0) is 15.4. The van der Waals surface area contributed by atoms with Crippen molar-refractivity contribution in [1.82, 2.24) is 5.32 Å². The molecule has 2 heterocycles. The molecule has 0 aliphatic rings. The number of aliphatic hydroxyl groups excluding tert-OH is 1. The molecule has 2 aromatic heterocycles. The maximum atomic E-state index is 11.8. The van der Waals surface area contributed by atoms with E-state index in [0.29, 0.717) is 0 Å². The zero-order valence-electron chi connectivity index (χ0n) is 11.7. The summed E-state index contributed by atoms with van der Waals surface area (Å²) in [5.74, 6) is -0.202. The van der Waals surface area contributed by atoms with Crippen LogP contribution >= 0.6 is 22.7 Å². The number of rotatable bonds is 5. The number of carbonyl (C=O) groups excluding carboxylic acids is 1. The Kier molecular flexibility index (Phi) is 4.68. The van der Waals surface area contributed by atoms with Gasteiger partial charge in [0.1, 0.15) is 0 Å². The second-order valence-electron chi connectivity index (χ2n) is 4.80. The molecular formula is C17H15NO2S2. The molecule has 0 spiro atoms. The molecule has 0 aliphatic heterocycles. The zero-order valence-corrected chi connectivity index (χ0v) is 13.4. The Morgan fingerprint density at radius 2 is 2.09 bits per heavy atom. The van der Waals surface area contributed by atoms with Crippen molar-refractivity contribution in [2.24, 2.45) is 0 Å². The van der Waals surface area contributed by atoms with E-state index in [9.17, 15) is 9.90 Å². The third kappa shape index (κ3) is 3.44. The number of hydrogen-bond donors (Lipinski definition) is 2. The van der Waals surface area contributed by atoms with Crippen molar-refractivity contribution >= 4 is 44.7 Å². The molecule has 1 amide bonds. The van der Waals surface area contributed by atoms with Crippen molar-refractivity contribution in [2.75, 3.05) is 6.54 Å². The summed E-state index contributed by atoms with van der Waals surface area (Å²) in [6, 6.07) is 11.8. The van der Waals surface area contributed by atoms with Gasteiger partial charge in [0.2, 0.25) is 5.91 Å². The van der Waals surface area contributed by atoms with E-state index in [0.717, 1.165) is 20.5 Å². The number of aliphatic hydroxyl groups is 1. The SMILES string of the molecule is O=C(/C=C/c1cccs1)NCC(O)c1csc2ccccc12. The summed E-state index contributed by atoms with van der Waals surface area (Å²) < 4.78 is 1.14. The number of nitrogens with one attached hydrogen (secondary N) is 1. The second kappa shape index (κ2) is 6.87. The molecule has 0 aliphatic carbocycles. The summed E-state index contributed by atoms with van der Waals surface area (Å²) in [6.07, 6.45) is 2.56. The molecule has 0 bridgehead atoms. The Bertz CT molecular complexity index is 790. The molecule has 2 N–H and O–H groups in total. The van der Waals surface area contributed by atoms with Gasteiger partial charge in [-0.05, 0) is 34.4 Å². The van der Waals surface area contributed by atoms with Gasteiger partial charge in [0.25, 0.3) is 0 Å². The third-order valence-electron chi connectivity index (χ3n) is 3.28. The summed E-state index contributed by atoms with van der Waals surface area (Å²) in [6.45, 7) is 0.203. The molecular weight excluding hydrogens is 314 g/mol. The maximum absolute atomic E-state index is 11.8. The Hall–Kier alpha value is -1.95. The van der Waals surface area contributed by atoms with Crippen LogP contribution in [-0.4, -0.2) is 17.6 Å². The van der Waals surface area contributed by atoms with Crippen molar-refractivity contribution in [3.05, 3.63) is 63.7 Å². The standard InChI is InChI=1S/C17H15NO2S2/c19-15(14-11-22-16-6-2-1-5-13(14)16)10-18-17(20)8-7-12-4-3-9-21-12/h1-9,11,15,19H,10H2,(H,18,20)/b8-7+. The molecule has 0 saturated heterocycles. The van der Waals surface area contributed by atoms with E-state index >= 15 is 0 Å². The minimum atomic E-state index is -0.699. The van der Waals surface area contributed by atoms with Gasteiger partial charge < -0.3 is 10.4 Å². The third-order valence-corrected chi connectivity index (χ3v) is 5.10. The fourth-order valence-corrected chi connectivity index (χ4v) is 3.79. The largest absolute Gasteiger partial charge is 0.387 e. The van der Waals surface area contributed by atoms with Crippen molar-refractivity contribution < 1.29 is 9.90 Å². The van der Waals surface area contributed by atoms with Crippen LogP contribution in [0.5, 0.6) is 0 Å². The van der Waals surface area contributed by atoms with Gasteiger partial charge in [0.15, 0.2) is 0 Å². The van der Waals surface area contributed by atoms with Crippen LogP contribution in [0, 0.1) is 0 Å². The van der Waals surface area contributed by atoms with Crippen LogP contribution in [0.25, 0.3) is 16.2 Å². The lowest BCUT2D eigenvalue weighted by molar-refractivity contribution is -0.116. The molecule has 1 aromatic carbocycles. The van der Waals surface area contributed by atoms with E-state index in [1.54, 1.807) is 28.7 Å². The Morgan fingerprint density at radius 3 is 2.91 bits per heavy atom. The van der Waals surface area contributed by atoms with Gasteiger partial charge in [-0.2, -0.15) is 0 Å². The van der Waals surface area contributed by atoms with Crippen LogP contribution in [0.1, 0.15) is 16.5 Å². The first-order valence-electron chi connectivity index (χ1n) is 6.87. The fourth-order valence-electron chi connectivity index (χ4n) is 2.17. The predicted molar refractivity (Wildman–Crippen MR) is 93.1 cm³/mol. The topological polar surface area (TPSA) is 49.3 Å². The van der Waals surface area contributed by atoms with Crippen molar-refractivity contribution in [2.45, 2.75) is 6.10 Å². The number of fused-ring (bicyclic) bond motifs is 1. The molecule has 3 aromatic rings. The van der Waals surface area contributed by atoms with E-state index < -0.39 is 6.10 Å². The van der Waals surface area contributed by atoms with Crippen LogP contribution in [0.2, 0.25) is 0 Å². The summed E-state index contributed by atoms with van der Waals surface area (Å²) in [4.78, 5) is 12.8.